The Morgan fingerprint density at radius 1 is 1.40 bits per heavy atom. The molecule has 7 heteroatoms. The second kappa shape index (κ2) is 7.86. The number of pyridine rings is 1. The van der Waals surface area contributed by atoms with Gasteiger partial charge in [0.15, 0.2) is 0 Å². The van der Waals surface area contributed by atoms with E-state index in [4.69, 9.17) is 5.73 Å². The van der Waals surface area contributed by atoms with Crippen molar-refractivity contribution in [3.8, 4) is 0 Å². The molecule has 0 radical (unpaired) electrons. The lowest BCUT2D eigenvalue weighted by Crippen LogP contribution is -2.46. The largest absolute Gasteiger partial charge is 0.346 e. The topological polar surface area (TPSA) is 97.1 Å². The number of nitrogens with zero attached hydrogens (tertiary/aromatic N) is 1. The lowest BCUT2D eigenvalue weighted by Gasteiger charge is -2.15. The summed E-state index contributed by atoms with van der Waals surface area (Å²) in [7, 11) is 0. The summed E-state index contributed by atoms with van der Waals surface area (Å²) >= 11 is 1.57. The van der Waals surface area contributed by atoms with Gasteiger partial charge >= 0.3 is 0 Å². The molecule has 1 rings (SSSR count). The Bertz CT molecular complexity index is 462. The van der Waals surface area contributed by atoms with E-state index in [0.717, 1.165) is 4.90 Å². The van der Waals surface area contributed by atoms with Crippen LogP contribution in [0.4, 0.5) is 5.82 Å². The molecule has 110 valence electrons. The smallest absolute Gasteiger partial charge is 0.244 e. The number of nitrogens with two attached hydrogens (primary N) is 1. The standard InChI is InChI=1S/C13H20N4O2S/c1-8(2)12(14)13(19)16-7-11(18)17-10-5-4-9(20-3)6-15-10/h4-6,8,12H,7,14H2,1-3H3,(H,16,19)(H,15,17,18)/t12-/m0/s1. The summed E-state index contributed by atoms with van der Waals surface area (Å²) in [6, 6.07) is 2.97. The Morgan fingerprint density at radius 3 is 2.60 bits per heavy atom. The van der Waals surface area contributed by atoms with Crippen LogP contribution in [-0.4, -0.2) is 35.6 Å². The fourth-order valence-electron chi connectivity index (χ4n) is 1.35. The van der Waals surface area contributed by atoms with Gasteiger partial charge in [0.2, 0.25) is 11.8 Å². The Balaban J connectivity index is 2.41. The highest BCUT2D eigenvalue weighted by Crippen LogP contribution is 2.14. The molecular formula is C13H20N4O2S. The fraction of sp³-hybridized carbons (Fsp3) is 0.462. The van der Waals surface area contributed by atoms with Crippen LogP contribution in [0, 0.1) is 5.92 Å². The molecule has 6 nitrogen and oxygen atoms in total. The fourth-order valence-corrected chi connectivity index (χ4v) is 1.71. The van der Waals surface area contributed by atoms with Gasteiger partial charge in [-0.25, -0.2) is 4.98 Å². The van der Waals surface area contributed by atoms with Crippen molar-refractivity contribution in [3.05, 3.63) is 18.3 Å². The predicted molar refractivity (Wildman–Crippen MR) is 80.5 cm³/mol. The maximum atomic E-state index is 11.7. The molecule has 2 amide bonds. The number of carbonyl (C=O) groups is 2. The van der Waals surface area contributed by atoms with Gasteiger partial charge in [-0.05, 0) is 24.3 Å². The molecule has 20 heavy (non-hydrogen) atoms. The number of rotatable bonds is 6. The van der Waals surface area contributed by atoms with Crippen molar-refractivity contribution in [2.24, 2.45) is 11.7 Å². The Hall–Kier alpha value is -1.60. The number of aromatic nitrogens is 1. The van der Waals surface area contributed by atoms with E-state index in [0.29, 0.717) is 5.82 Å². The molecule has 0 aromatic carbocycles. The summed E-state index contributed by atoms with van der Waals surface area (Å²) in [6.07, 6.45) is 3.62. The number of carbonyl (C=O) groups excluding carboxylic acids is 2. The van der Waals surface area contributed by atoms with Crippen LogP contribution in [0.3, 0.4) is 0 Å². The molecule has 1 aromatic rings. The molecule has 4 N–H and O–H groups in total. The summed E-state index contributed by atoms with van der Waals surface area (Å²) < 4.78 is 0. The third-order valence-electron chi connectivity index (χ3n) is 2.68. The van der Waals surface area contributed by atoms with Crippen LogP contribution in [0.2, 0.25) is 0 Å². The van der Waals surface area contributed by atoms with Crippen LogP contribution < -0.4 is 16.4 Å². The maximum absolute atomic E-state index is 11.7. The molecule has 1 heterocycles. The minimum Gasteiger partial charge on any atom is -0.346 e. The van der Waals surface area contributed by atoms with E-state index in [1.807, 2.05) is 26.2 Å². The lowest BCUT2D eigenvalue weighted by atomic mass is 10.1. The molecule has 0 bridgehead atoms. The van der Waals surface area contributed by atoms with Gasteiger partial charge in [0.05, 0.1) is 12.6 Å². The first-order valence-electron chi connectivity index (χ1n) is 6.27. The van der Waals surface area contributed by atoms with Crippen molar-refractivity contribution in [1.29, 1.82) is 0 Å². The molecule has 0 saturated heterocycles. The monoisotopic (exact) mass is 296 g/mol. The van der Waals surface area contributed by atoms with Crippen LogP contribution in [0.25, 0.3) is 0 Å². The highest BCUT2D eigenvalue weighted by Gasteiger charge is 2.17. The first kappa shape index (κ1) is 16.5. The maximum Gasteiger partial charge on any atom is 0.244 e. The molecule has 1 atom stereocenters. The Labute approximate surface area is 122 Å². The highest BCUT2D eigenvalue weighted by atomic mass is 32.2. The van der Waals surface area contributed by atoms with Crippen molar-refractivity contribution >= 4 is 29.4 Å². The number of thioether (sulfide) groups is 1. The van der Waals surface area contributed by atoms with Gasteiger partial charge < -0.3 is 16.4 Å². The zero-order valence-electron chi connectivity index (χ0n) is 11.8. The van der Waals surface area contributed by atoms with Gasteiger partial charge in [0, 0.05) is 11.1 Å². The van der Waals surface area contributed by atoms with Crippen LogP contribution in [0.5, 0.6) is 0 Å². The average Bonchev–Trinajstić information content (AvgIpc) is 2.44. The normalized spacial score (nSPS) is 12.1. The van der Waals surface area contributed by atoms with E-state index >= 15 is 0 Å². The van der Waals surface area contributed by atoms with Gasteiger partial charge in [-0.15, -0.1) is 11.8 Å². The third kappa shape index (κ3) is 5.18. The lowest BCUT2D eigenvalue weighted by molar-refractivity contribution is -0.125. The van der Waals surface area contributed by atoms with Gasteiger partial charge in [0.25, 0.3) is 0 Å². The number of amides is 2. The van der Waals surface area contributed by atoms with Crippen molar-refractivity contribution in [3.63, 3.8) is 0 Å². The second-order valence-corrected chi connectivity index (χ2v) is 5.50. The van der Waals surface area contributed by atoms with Gasteiger partial charge in [0.1, 0.15) is 5.82 Å². The van der Waals surface area contributed by atoms with E-state index < -0.39 is 6.04 Å². The van der Waals surface area contributed by atoms with Crippen molar-refractivity contribution < 1.29 is 9.59 Å². The summed E-state index contributed by atoms with van der Waals surface area (Å²) in [5.41, 5.74) is 5.67. The Kier molecular flexibility index (Phi) is 6.47. The third-order valence-corrected chi connectivity index (χ3v) is 3.40. The average molecular weight is 296 g/mol. The highest BCUT2D eigenvalue weighted by molar-refractivity contribution is 7.98. The molecule has 0 spiro atoms. The minimum absolute atomic E-state index is 0.0267. The first-order valence-corrected chi connectivity index (χ1v) is 7.49. The molecule has 1 aromatic heterocycles. The van der Waals surface area contributed by atoms with E-state index in [-0.39, 0.29) is 24.3 Å². The molecule has 0 fully saturated rings. The van der Waals surface area contributed by atoms with Gasteiger partial charge in [-0.3, -0.25) is 9.59 Å². The van der Waals surface area contributed by atoms with Crippen LogP contribution in [0.15, 0.2) is 23.2 Å². The SMILES string of the molecule is CSc1ccc(NC(=O)CNC(=O)[C@@H](N)C(C)C)nc1. The first-order chi connectivity index (χ1) is 9.43. The van der Waals surface area contributed by atoms with E-state index in [2.05, 4.69) is 15.6 Å². The quantitative estimate of drug-likeness (QED) is 0.676. The van der Waals surface area contributed by atoms with Crippen molar-refractivity contribution in [1.82, 2.24) is 10.3 Å². The Morgan fingerprint density at radius 2 is 2.10 bits per heavy atom. The van der Waals surface area contributed by atoms with Gasteiger partial charge in [-0.2, -0.15) is 0 Å². The summed E-state index contributed by atoms with van der Waals surface area (Å²) in [5, 5.41) is 5.10. The number of nitrogens with one attached hydrogen (secondary N) is 2. The molecule has 0 saturated carbocycles. The van der Waals surface area contributed by atoms with Crippen LogP contribution in [-0.2, 0) is 9.59 Å². The molecule has 0 aliphatic heterocycles. The van der Waals surface area contributed by atoms with Crippen molar-refractivity contribution in [2.75, 3.05) is 18.1 Å². The number of anilines is 1. The molecule has 0 aliphatic rings. The van der Waals surface area contributed by atoms with Crippen LogP contribution >= 0.6 is 11.8 Å². The minimum atomic E-state index is -0.609. The zero-order valence-corrected chi connectivity index (χ0v) is 12.7. The van der Waals surface area contributed by atoms with E-state index in [1.54, 1.807) is 24.0 Å². The molecular weight excluding hydrogens is 276 g/mol. The van der Waals surface area contributed by atoms with Gasteiger partial charge in [-0.1, -0.05) is 13.8 Å². The number of hydrogen-bond acceptors (Lipinski definition) is 5. The van der Waals surface area contributed by atoms with Crippen LogP contribution in [0.1, 0.15) is 13.8 Å². The molecule has 0 unspecified atom stereocenters. The number of hydrogen-bond donors (Lipinski definition) is 3. The van der Waals surface area contributed by atoms with Crippen molar-refractivity contribution in [2.45, 2.75) is 24.8 Å². The van der Waals surface area contributed by atoms with E-state index in [1.165, 1.54) is 0 Å². The zero-order chi connectivity index (χ0) is 15.1. The summed E-state index contributed by atoms with van der Waals surface area (Å²) in [4.78, 5) is 28.3. The van der Waals surface area contributed by atoms with E-state index in [9.17, 15) is 9.59 Å². The molecule has 0 aliphatic carbocycles. The summed E-state index contributed by atoms with van der Waals surface area (Å²) in [6.45, 7) is 3.58. The summed E-state index contributed by atoms with van der Waals surface area (Å²) in [5.74, 6) is -0.187. The second-order valence-electron chi connectivity index (χ2n) is 4.62. The predicted octanol–water partition coefficient (Wildman–Crippen LogP) is 0.841.